The van der Waals surface area contributed by atoms with E-state index < -0.39 is 0 Å². The molecule has 1 rings (SSSR count). The molecular formula is C14H27NO. The van der Waals surface area contributed by atoms with Gasteiger partial charge in [-0.25, -0.2) is 0 Å². The predicted octanol–water partition coefficient (Wildman–Crippen LogP) is 3.51. The van der Waals surface area contributed by atoms with Gasteiger partial charge in [-0.15, -0.1) is 0 Å². The van der Waals surface area contributed by atoms with E-state index in [-0.39, 0.29) is 11.4 Å². The molecule has 1 aliphatic carbocycles. The van der Waals surface area contributed by atoms with Crippen LogP contribution < -0.4 is 5.32 Å². The molecule has 0 aromatic rings. The maximum Gasteiger partial charge on any atom is 0.217 e. The van der Waals surface area contributed by atoms with Crippen LogP contribution in [0.4, 0.5) is 0 Å². The van der Waals surface area contributed by atoms with Crippen LogP contribution in [0.25, 0.3) is 0 Å². The summed E-state index contributed by atoms with van der Waals surface area (Å²) in [5, 5.41) is 3.11. The third-order valence-corrected chi connectivity index (χ3v) is 4.58. The first-order chi connectivity index (χ1) is 7.29. The summed E-state index contributed by atoms with van der Waals surface area (Å²) in [5.74, 6) is 0.926. The predicted molar refractivity (Wildman–Crippen MR) is 68.3 cm³/mol. The molecule has 1 aliphatic rings. The van der Waals surface area contributed by atoms with Gasteiger partial charge in [-0.05, 0) is 43.9 Å². The maximum absolute atomic E-state index is 11.1. The minimum absolute atomic E-state index is 0.0478. The Bertz CT molecular complexity index is 249. The smallest absolute Gasteiger partial charge is 0.217 e. The second-order valence-electron chi connectivity index (χ2n) is 6.36. The van der Waals surface area contributed by atoms with Crippen molar-refractivity contribution in [1.29, 1.82) is 0 Å². The fourth-order valence-electron chi connectivity index (χ4n) is 2.88. The van der Waals surface area contributed by atoms with Crippen LogP contribution in [0.3, 0.4) is 0 Å². The van der Waals surface area contributed by atoms with Gasteiger partial charge in [0.1, 0.15) is 0 Å². The Morgan fingerprint density at radius 2 is 1.88 bits per heavy atom. The van der Waals surface area contributed by atoms with E-state index in [1.54, 1.807) is 6.92 Å². The first-order valence-electron chi connectivity index (χ1n) is 6.58. The van der Waals surface area contributed by atoms with E-state index in [0.717, 1.165) is 18.8 Å². The number of nitrogens with one attached hydrogen (secondary N) is 1. The molecule has 16 heavy (non-hydrogen) atoms. The summed E-state index contributed by atoms with van der Waals surface area (Å²) >= 11 is 0. The van der Waals surface area contributed by atoms with Crippen molar-refractivity contribution in [2.24, 2.45) is 11.3 Å². The van der Waals surface area contributed by atoms with Crippen LogP contribution >= 0.6 is 0 Å². The lowest BCUT2D eigenvalue weighted by Crippen LogP contribution is -2.48. The highest BCUT2D eigenvalue weighted by atomic mass is 16.1. The van der Waals surface area contributed by atoms with Crippen molar-refractivity contribution in [1.82, 2.24) is 5.32 Å². The lowest BCUT2D eigenvalue weighted by molar-refractivity contribution is -0.121. The molecule has 0 unspecified atom stereocenters. The molecule has 2 heteroatoms. The van der Waals surface area contributed by atoms with E-state index >= 15 is 0 Å². The highest BCUT2D eigenvalue weighted by Crippen LogP contribution is 2.43. The van der Waals surface area contributed by atoms with Crippen molar-refractivity contribution in [2.75, 3.05) is 0 Å². The van der Waals surface area contributed by atoms with Crippen LogP contribution in [-0.2, 0) is 4.79 Å². The molecule has 1 saturated carbocycles. The molecule has 0 bridgehead atoms. The molecule has 0 saturated heterocycles. The van der Waals surface area contributed by atoms with E-state index in [0.29, 0.717) is 5.41 Å². The molecule has 1 fully saturated rings. The number of hydrogen-bond acceptors (Lipinski definition) is 1. The standard InChI is InChI=1S/C14H27NO/c1-6-13(3,4)12-7-9-14(5,10-8-12)15-11(2)16/h12H,6-10H2,1-5H3,(H,15,16). The van der Waals surface area contributed by atoms with Gasteiger partial charge in [0.15, 0.2) is 0 Å². The van der Waals surface area contributed by atoms with Crippen LogP contribution in [0, 0.1) is 11.3 Å². The molecule has 0 aliphatic heterocycles. The van der Waals surface area contributed by atoms with Gasteiger partial charge in [0, 0.05) is 12.5 Å². The van der Waals surface area contributed by atoms with Crippen LogP contribution in [0.1, 0.15) is 66.7 Å². The molecule has 0 heterocycles. The van der Waals surface area contributed by atoms with Crippen molar-refractivity contribution >= 4 is 5.91 Å². The second kappa shape index (κ2) is 4.77. The zero-order valence-corrected chi connectivity index (χ0v) is 11.5. The highest BCUT2D eigenvalue weighted by molar-refractivity contribution is 5.73. The van der Waals surface area contributed by atoms with Crippen LogP contribution in [0.2, 0.25) is 0 Å². The van der Waals surface area contributed by atoms with Crippen molar-refractivity contribution in [3.05, 3.63) is 0 Å². The minimum Gasteiger partial charge on any atom is -0.351 e. The molecule has 0 atom stereocenters. The summed E-state index contributed by atoms with van der Waals surface area (Å²) < 4.78 is 0. The quantitative estimate of drug-likeness (QED) is 0.782. The zero-order valence-electron chi connectivity index (χ0n) is 11.5. The number of amides is 1. The van der Waals surface area contributed by atoms with Crippen LogP contribution in [0.5, 0.6) is 0 Å². The summed E-state index contributed by atoms with van der Waals surface area (Å²) in [5.41, 5.74) is 0.504. The largest absolute Gasteiger partial charge is 0.351 e. The van der Waals surface area contributed by atoms with Gasteiger partial charge >= 0.3 is 0 Å². The number of carbonyl (C=O) groups excluding carboxylic acids is 1. The molecule has 0 aromatic heterocycles. The maximum atomic E-state index is 11.1. The van der Waals surface area contributed by atoms with E-state index in [1.807, 2.05) is 0 Å². The third kappa shape index (κ3) is 3.23. The first kappa shape index (κ1) is 13.5. The fourth-order valence-corrected chi connectivity index (χ4v) is 2.88. The van der Waals surface area contributed by atoms with Crippen molar-refractivity contribution in [2.45, 2.75) is 72.3 Å². The van der Waals surface area contributed by atoms with E-state index in [2.05, 4.69) is 33.0 Å². The average Bonchev–Trinajstić information content (AvgIpc) is 2.16. The molecule has 0 radical (unpaired) electrons. The molecule has 94 valence electrons. The molecule has 1 amide bonds. The summed E-state index contributed by atoms with van der Waals surface area (Å²) in [6.07, 6.45) is 5.99. The Morgan fingerprint density at radius 3 is 2.25 bits per heavy atom. The summed E-state index contributed by atoms with van der Waals surface area (Å²) in [6.45, 7) is 10.8. The first-order valence-corrected chi connectivity index (χ1v) is 6.58. The summed E-state index contributed by atoms with van der Waals surface area (Å²) in [7, 11) is 0. The molecular weight excluding hydrogens is 198 g/mol. The van der Waals surface area contributed by atoms with Crippen LogP contribution in [0.15, 0.2) is 0 Å². The lowest BCUT2D eigenvalue weighted by Gasteiger charge is -2.43. The Kier molecular flexibility index (Phi) is 4.03. The Morgan fingerprint density at radius 1 is 1.38 bits per heavy atom. The number of rotatable bonds is 3. The molecule has 0 aromatic carbocycles. The molecule has 0 spiro atoms. The fraction of sp³-hybridized carbons (Fsp3) is 0.929. The molecule has 2 nitrogen and oxygen atoms in total. The van der Waals surface area contributed by atoms with E-state index in [1.165, 1.54) is 19.3 Å². The number of hydrogen-bond donors (Lipinski definition) is 1. The van der Waals surface area contributed by atoms with Crippen LogP contribution in [-0.4, -0.2) is 11.4 Å². The second-order valence-corrected chi connectivity index (χ2v) is 6.36. The normalized spacial score (nSPS) is 31.2. The Labute approximate surface area is 100 Å². The van der Waals surface area contributed by atoms with Crippen molar-refractivity contribution < 1.29 is 4.79 Å². The third-order valence-electron chi connectivity index (χ3n) is 4.58. The SMILES string of the molecule is CCC(C)(C)C1CCC(C)(NC(C)=O)CC1. The summed E-state index contributed by atoms with van der Waals surface area (Å²) in [4.78, 5) is 11.1. The van der Waals surface area contributed by atoms with Crippen molar-refractivity contribution in [3.8, 4) is 0 Å². The van der Waals surface area contributed by atoms with Gasteiger partial charge in [0.05, 0.1) is 0 Å². The lowest BCUT2D eigenvalue weighted by atomic mass is 9.66. The minimum atomic E-state index is 0.0478. The average molecular weight is 225 g/mol. The van der Waals surface area contributed by atoms with Gasteiger partial charge in [0.2, 0.25) is 5.91 Å². The Hall–Kier alpha value is -0.530. The van der Waals surface area contributed by atoms with Gasteiger partial charge < -0.3 is 5.32 Å². The van der Waals surface area contributed by atoms with Crippen molar-refractivity contribution in [3.63, 3.8) is 0 Å². The topological polar surface area (TPSA) is 29.1 Å². The van der Waals surface area contributed by atoms with E-state index in [9.17, 15) is 4.79 Å². The zero-order chi connectivity index (χ0) is 12.4. The van der Waals surface area contributed by atoms with Gasteiger partial charge in [-0.3, -0.25) is 4.79 Å². The van der Waals surface area contributed by atoms with Gasteiger partial charge in [-0.2, -0.15) is 0 Å². The van der Waals surface area contributed by atoms with Gasteiger partial charge in [-0.1, -0.05) is 27.2 Å². The number of carbonyl (C=O) groups is 1. The highest BCUT2D eigenvalue weighted by Gasteiger charge is 2.37. The Balaban J connectivity index is 2.54. The van der Waals surface area contributed by atoms with E-state index in [4.69, 9.17) is 0 Å². The monoisotopic (exact) mass is 225 g/mol. The molecule has 1 N–H and O–H groups in total. The summed E-state index contributed by atoms with van der Waals surface area (Å²) in [6, 6.07) is 0. The van der Waals surface area contributed by atoms with Gasteiger partial charge in [0.25, 0.3) is 0 Å².